The normalized spacial score (nSPS) is 16.2. The third-order valence-electron chi connectivity index (χ3n) is 3.05. The van der Waals surface area contributed by atoms with Gasteiger partial charge in [-0.1, -0.05) is 25.0 Å². The minimum Gasteiger partial charge on any atom is -0.482 e. The first-order valence-electron chi connectivity index (χ1n) is 5.70. The monoisotopic (exact) mass is 220 g/mol. The number of ether oxygens (including phenoxy) is 1. The van der Waals surface area contributed by atoms with E-state index in [2.05, 4.69) is 6.07 Å². The van der Waals surface area contributed by atoms with E-state index < -0.39 is 5.97 Å². The molecule has 86 valence electrons. The summed E-state index contributed by atoms with van der Waals surface area (Å²) in [5, 5.41) is 8.53. The molecule has 1 fully saturated rings. The molecule has 1 aliphatic rings. The lowest BCUT2D eigenvalue weighted by Gasteiger charge is -2.11. The van der Waals surface area contributed by atoms with Crippen molar-refractivity contribution < 1.29 is 14.6 Å². The molecular weight excluding hydrogens is 204 g/mol. The van der Waals surface area contributed by atoms with E-state index in [1.807, 2.05) is 12.1 Å². The van der Waals surface area contributed by atoms with Crippen molar-refractivity contribution in [3.05, 3.63) is 29.8 Å². The van der Waals surface area contributed by atoms with E-state index in [4.69, 9.17) is 9.84 Å². The average molecular weight is 220 g/mol. The van der Waals surface area contributed by atoms with Crippen molar-refractivity contribution in [2.75, 3.05) is 6.61 Å². The largest absolute Gasteiger partial charge is 0.482 e. The molecule has 0 radical (unpaired) electrons. The Hall–Kier alpha value is -1.51. The van der Waals surface area contributed by atoms with E-state index in [0.29, 0.717) is 11.7 Å². The minimum atomic E-state index is -0.939. The Morgan fingerprint density at radius 1 is 1.38 bits per heavy atom. The van der Waals surface area contributed by atoms with E-state index in [1.165, 1.54) is 31.2 Å². The smallest absolute Gasteiger partial charge is 0.341 e. The number of benzene rings is 1. The highest BCUT2D eigenvalue weighted by Crippen LogP contribution is 2.35. The van der Waals surface area contributed by atoms with Gasteiger partial charge in [-0.3, -0.25) is 0 Å². The number of rotatable bonds is 4. The van der Waals surface area contributed by atoms with Crippen molar-refractivity contribution in [2.45, 2.75) is 31.6 Å². The van der Waals surface area contributed by atoms with Gasteiger partial charge in [-0.25, -0.2) is 4.79 Å². The lowest BCUT2D eigenvalue weighted by atomic mass is 9.98. The van der Waals surface area contributed by atoms with Crippen LogP contribution in [0.15, 0.2) is 24.3 Å². The van der Waals surface area contributed by atoms with Crippen LogP contribution >= 0.6 is 0 Å². The first-order chi connectivity index (χ1) is 7.75. The number of carbonyl (C=O) groups is 1. The standard InChI is InChI=1S/C13H16O3/c14-13(15)9-16-12-7-3-6-11(8-12)10-4-1-2-5-10/h3,6-8,10H,1-2,4-5,9H2,(H,14,15). The lowest BCUT2D eigenvalue weighted by molar-refractivity contribution is -0.139. The van der Waals surface area contributed by atoms with Crippen LogP contribution in [0.1, 0.15) is 37.2 Å². The van der Waals surface area contributed by atoms with Gasteiger partial charge in [0.15, 0.2) is 6.61 Å². The Bertz CT molecular complexity index is 367. The van der Waals surface area contributed by atoms with Crippen LogP contribution in [0.25, 0.3) is 0 Å². The maximum Gasteiger partial charge on any atom is 0.341 e. The molecular formula is C13H16O3. The van der Waals surface area contributed by atoms with Gasteiger partial charge in [0.2, 0.25) is 0 Å². The highest BCUT2D eigenvalue weighted by atomic mass is 16.5. The lowest BCUT2D eigenvalue weighted by Crippen LogP contribution is -2.09. The predicted octanol–water partition coefficient (Wildman–Crippen LogP) is 2.81. The van der Waals surface area contributed by atoms with E-state index in [9.17, 15) is 4.79 Å². The van der Waals surface area contributed by atoms with Gasteiger partial charge < -0.3 is 9.84 Å². The molecule has 1 aromatic rings. The molecule has 0 unspecified atom stereocenters. The van der Waals surface area contributed by atoms with Crippen LogP contribution in [0.4, 0.5) is 0 Å². The van der Waals surface area contributed by atoms with E-state index in [0.717, 1.165) is 0 Å². The topological polar surface area (TPSA) is 46.5 Å². The third kappa shape index (κ3) is 2.75. The van der Waals surface area contributed by atoms with Gasteiger partial charge >= 0.3 is 5.97 Å². The Kier molecular flexibility index (Phi) is 3.44. The molecule has 3 heteroatoms. The van der Waals surface area contributed by atoms with Crippen molar-refractivity contribution in [3.8, 4) is 5.75 Å². The second kappa shape index (κ2) is 5.01. The molecule has 0 atom stereocenters. The van der Waals surface area contributed by atoms with E-state index in [-0.39, 0.29) is 6.61 Å². The van der Waals surface area contributed by atoms with Gasteiger partial charge in [-0.2, -0.15) is 0 Å². The molecule has 0 spiro atoms. The van der Waals surface area contributed by atoms with Gasteiger partial charge in [0, 0.05) is 0 Å². The second-order valence-corrected chi connectivity index (χ2v) is 4.24. The molecule has 16 heavy (non-hydrogen) atoms. The van der Waals surface area contributed by atoms with Crippen LogP contribution in [0.2, 0.25) is 0 Å². The zero-order chi connectivity index (χ0) is 11.4. The Morgan fingerprint density at radius 2 is 2.12 bits per heavy atom. The second-order valence-electron chi connectivity index (χ2n) is 4.24. The summed E-state index contributed by atoms with van der Waals surface area (Å²) in [4.78, 5) is 10.4. The summed E-state index contributed by atoms with van der Waals surface area (Å²) in [6, 6.07) is 7.81. The third-order valence-corrected chi connectivity index (χ3v) is 3.05. The van der Waals surface area contributed by atoms with Crippen LogP contribution in [-0.2, 0) is 4.79 Å². The summed E-state index contributed by atoms with van der Waals surface area (Å²) in [5.74, 6) is 0.353. The predicted molar refractivity (Wildman–Crippen MR) is 60.8 cm³/mol. The fourth-order valence-electron chi connectivity index (χ4n) is 2.26. The Labute approximate surface area is 95.0 Å². The summed E-state index contributed by atoms with van der Waals surface area (Å²) in [6.45, 7) is -0.270. The molecule has 0 bridgehead atoms. The first-order valence-corrected chi connectivity index (χ1v) is 5.70. The quantitative estimate of drug-likeness (QED) is 0.848. The zero-order valence-electron chi connectivity index (χ0n) is 9.19. The molecule has 0 aliphatic heterocycles. The van der Waals surface area contributed by atoms with Crippen LogP contribution < -0.4 is 4.74 Å². The summed E-state index contributed by atoms with van der Waals surface area (Å²) < 4.78 is 5.17. The maximum atomic E-state index is 10.4. The van der Waals surface area contributed by atoms with Crippen molar-refractivity contribution in [1.82, 2.24) is 0 Å². The molecule has 3 nitrogen and oxygen atoms in total. The van der Waals surface area contributed by atoms with Crippen LogP contribution in [0, 0.1) is 0 Å². The number of aliphatic carboxylic acids is 1. The van der Waals surface area contributed by atoms with Crippen molar-refractivity contribution >= 4 is 5.97 Å². The number of hydrogen-bond donors (Lipinski definition) is 1. The number of carboxylic acids is 1. The molecule has 2 rings (SSSR count). The fraction of sp³-hybridized carbons (Fsp3) is 0.462. The van der Waals surface area contributed by atoms with Crippen molar-refractivity contribution in [2.24, 2.45) is 0 Å². The van der Waals surface area contributed by atoms with E-state index >= 15 is 0 Å². The molecule has 1 aromatic carbocycles. The first kappa shape index (κ1) is 11.0. The molecule has 0 saturated heterocycles. The zero-order valence-corrected chi connectivity index (χ0v) is 9.19. The van der Waals surface area contributed by atoms with Gasteiger partial charge in [0.25, 0.3) is 0 Å². The molecule has 0 aromatic heterocycles. The Morgan fingerprint density at radius 3 is 2.81 bits per heavy atom. The van der Waals surface area contributed by atoms with E-state index in [1.54, 1.807) is 6.07 Å². The SMILES string of the molecule is O=C(O)COc1cccc(C2CCCC2)c1. The van der Waals surface area contributed by atoms with Crippen LogP contribution in [0.3, 0.4) is 0 Å². The molecule has 1 N–H and O–H groups in total. The summed E-state index contributed by atoms with van der Waals surface area (Å²) >= 11 is 0. The molecule has 1 saturated carbocycles. The molecule has 0 amide bonds. The molecule has 0 heterocycles. The van der Waals surface area contributed by atoms with Crippen molar-refractivity contribution in [3.63, 3.8) is 0 Å². The number of carboxylic acid groups (broad SMARTS) is 1. The summed E-state index contributed by atoms with van der Waals surface area (Å²) in [5.41, 5.74) is 1.28. The van der Waals surface area contributed by atoms with Crippen molar-refractivity contribution in [1.29, 1.82) is 0 Å². The van der Waals surface area contributed by atoms with Gasteiger partial charge in [-0.15, -0.1) is 0 Å². The number of hydrogen-bond acceptors (Lipinski definition) is 2. The van der Waals surface area contributed by atoms with Gasteiger partial charge in [0.05, 0.1) is 0 Å². The fourth-order valence-corrected chi connectivity index (χ4v) is 2.26. The minimum absolute atomic E-state index is 0.270. The maximum absolute atomic E-state index is 10.4. The van der Waals surface area contributed by atoms with Crippen LogP contribution in [0.5, 0.6) is 5.75 Å². The highest BCUT2D eigenvalue weighted by molar-refractivity contribution is 5.68. The van der Waals surface area contributed by atoms with Gasteiger partial charge in [0.1, 0.15) is 5.75 Å². The van der Waals surface area contributed by atoms with Crippen LogP contribution in [-0.4, -0.2) is 17.7 Å². The van der Waals surface area contributed by atoms with Gasteiger partial charge in [-0.05, 0) is 36.5 Å². The molecule has 1 aliphatic carbocycles. The summed E-state index contributed by atoms with van der Waals surface area (Å²) in [6.07, 6.45) is 5.07. The average Bonchev–Trinajstić information content (AvgIpc) is 2.80. The Balaban J connectivity index is 2.03. The highest BCUT2D eigenvalue weighted by Gasteiger charge is 2.17. The summed E-state index contributed by atoms with van der Waals surface area (Å²) in [7, 11) is 0.